The molecule has 8 nitrogen and oxygen atoms in total. The lowest BCUT2D eigenvalue weighted by Crippen LogP contribution is -2.54. The highest BCUT2D eigenvalue weighted by atomic mass is 32.1. The van der Waals surface area contributed by atoms with Gasteiger partial charge in [0.25, 0.3) is 0 Å². The van der Waals surface area contributed by atoms with Crippen LogP contribution >= 0.6 is 11.3 Å². The number of nitrogens with zero attached hydrogens (tertiary/aromatic N) is 4. The smallest absolute Gasteiger partial charge is 0.302 e. The van der Waals surface area contributed by atoms with Gasteiger partial charge in [0.15, 0.2) is 0 Å². The Labute approximate surface area is 193 Å². The molecular weight excluding hydrogens is 450 g/mol. The van der Waals surface area contributed by atoms with E-state index in [-0.39, 0.29) is 18.0 Å². The maximum atomic E-state index is 14.6. The van der Waals surface area contributed by atoms with Crippen LogP contribution in [0, 0.1) is 0 Å². The predicted molar refractivity (Wildman–Crippen MR) is 120 cm³/mol. The third kappa shape index (κ3) is 5.49. The number of nitrogens with one attached hydrogen (secondary N) is 2. The summed E-state index contributed by atoms with van der Waals surface area (Å²) in [6.07, 6.45) is 2.05. The lowest BCUT2D eigenvalue weighted by atomic mass is 10.0. The van der Waals surface area contributed by atoms with Gasteiger partial charge in [0.05, 0.1) is 17.5 Å². The van der Waals surface area contributed by atoms with Crippen LogP contribution in [0.3, 0.4) is 0 Å². The molecule has 2 atom stereocenters. The first kappa shape index (κ1) is 23.1. The number of H-pyrrole nitrogens is 1. The summed E-state index contributed by atoms with van der Waals surface area (Å²) in [5.74, 6) is -2.98. The molecule has 2 aromatic heterocycles. The Morgan fingerprint density at radius 2 is 2.09 bits per heavy atom. The summed E-state index contributed by atoms with van der Waals surface area (Å²) >= 11 is 1.56. The fraction of sp³-hybridized carbons (Fsp3) is 0.364. The number of alkyl halides is 2. The van der Waals surface area contributed by atoms with Crippen LogP contribution in [-0.2, 0) is 17.1 Å². The minimum absolute atomic E-state index is 0.0983. The number of hydrogen-bond acceptors (Lipinski definition) is 7. The Hall–Kier alpha value is -3.02. The average Bonchev–Trinajstić information content (AvgIpc) is 3.51. The highest BCUT2D eigenvalue weighted by molar-refractivity contribution is 7.15. The molecule has 3 N–H and O–H groups in total. The number of carbonyl (C=O) groups is 1. The van der Waals surface area contributed by atoms with Crippen LogP contribution in [0.1, 0.15) is 16.9 Å². The highest BCUT2D eigenvalue weighted by Gasteiger charge is 2.39. The molecule has 4 rings (SSSR count). The topological polar surface area (TPSA) is 107 Å². The number of aromatic nitrogens is 4. The van der Waals surface area contributed by atoms with Gasteiger partial charge in [-0.25, -0.2) is 0 Å². The molecule has 3 aromatic rings. The number of amides is 1. The number of halogens is 2. The van der Waals surface area contributed by atoms with Gasteiger partial charge in [-0.3, -0.25) is 4.79 Å². The maximum absolute atomic E-state index is 14.6. The van der Waals surface area contributed by atoms with E-state index in [0.29, 0.717) is 25.3 Å². The summed E-state index contributed by atoms with van der Waals surface area (Å²) in [6, 6.07) is 10.7. The number of aliphatic hydroxyl groups excluding tert-OH is 1. The van der Waals surface area contributed by atoms with Crippen molar-refractivity contribution in [2.45, 2.75) is 30.9 Å². The monoisotopic (exact) mass is 474 g/mol. The van der Waals surface area contributed by atoms with Crippen molar-refractivity contribution in [3.8, 4) is 10.7 Å². The van der Waals surface area contributed by atoms with E-state index >= 15 is 0 Å². The van der Waals surface area contributed by atoms with Crippen LogP contribution in [0.4, 0.5) is 8.78 Å². The Morgan fingerprint density at radius 3 is 2.85 bits per heavy atom. The van der Waals surface area contributed by atoms with Crippen molar-refractivity contribution in [1.29, 1.82) is 0 Å². The van der Waals surface area contributed by atoms with E-state index in [2.05, 4.69) is 25.9 Å². The highest BCUT2D eigenvalue weighted by Crippen LogP contribution is 2.32. The first-order chi connectivity index (χ1) is 15.9. The van der Waals surface area contributed by atoms with Crippen molar-refractivity contribution in [1.82, 2.24) is 30.8 Å². The van der Waals surface area contributed by atoms with E-state index < -0.39 is 18.1 Å². The number of aryl methyl sites for hydroxylation is 1. The molecule has 0 radical (unpaired) electrons. The van der Waals surface area contributed by atoms with Gasteiger partial charge < -0.3 is 15.3 Å². The Kier molecular flexibility index (Phi) is 7.21. The summed E-state index contributed by atoms with van der Waals surface area (Å²) in [7, 11) is 0. The molecule has 1 aromatic carbocycles. The van der Waals surface area contributed by atoms with E-state index in [1.807, 2.05) is 12.1 Å². The molecule has 0 bridgehead atoms. The second-order valence-corrected chi connectivity index (χ2v) is 8.88. The van der Waals surface area contributed by atoms with Crippen molar-refractivity contribution in [3.05, 3.63) is 65.1 Å². The Bertz CT molecular complexity index is 1070. The number of tetrazole rings is 1. The quantitative estimate of drug-likeness (QED) is 0.411. The largest absolute Gasteiger partial charge is 0.382 e. The number of carbonyl (C=O) groups excluding carboxylic acids is 1. The van der Waals surface area contributed by atoms with E-state index in [1.165, 1.54) is 30.3 Å². The SMILES string of the molecule is O=C1CNC[C@@H](C=C[C@@H](O)C(F)(F)c2ccccc2)N1CCCc1ccc(-c2nn[nH]n2)s1. The second kappa shape index (κ2) is 10.3. The molecule has 0 spiro atoms. The van der Waals surface area contributed by atoms with Gasteiger partial charge in [-0.1, -0.05) is 42.5 Å². The van der Waals surface area contributed by atoms with Crippen LogP contribution < -0.4 is 5.32 Å². The zero-order valence-electron chi connectivity index (χ0n) is 17.7. The Morgan fingerprint density at radius 1 is 1.27 bits per heavy atom. The van der Waals surface area contributed by atoms with Crippen LogP contribution in [0.25, 0.3) is 10.7 Å². The zero-order valence-corrected chi connectivity index (χ0v) is 18.5. The number of aliphatic hydroxyl groups is 1. The zero-order chi connectivity index (χ0) is 23.3. The molecule has 1 aliphatic rings. The molecule has 1 amide bonds. The number of benzene rings is 1. The Balaban J connectivity index is 1.36. The van der Waals surface area contributed by atoms with Crippen molar-refractivity contribution < 1.29 is 18.7 Å². The fourth-order valence-corrected chi connectivity index (χ4v) is 4.67. The molecule has 0 saturated carbocycles. The van der Waals surface area contributed by atoms with E-state index in [1.54, 1.807) is 22.3 Å². The first-order valence-corrected chi connectivity index (χ1v) is 11.4. The predicted octanol–water partition coefficient (Wildman–Crippen LogP) is 2.37. The standard InChI is InChI=1S/C22H24F2N6O2S/c23-22(24,15-5-2-1-3-6-15)19(31)11-8-16-13-25-14-20(32)30(16)12-4-7-17-9-10-18(33-17)21-26-28-29-27-21/h1-3,5-6,8-11,16,19,25,31H,4,7,12-14H2,(H,26,27,28,29)/t16-,19-/m1/s1. The lowest BCUT2D eigenvalue weighted by molar-refractivity contribution is -0.133. The van der Waals surface area contributed by atoms with Gasteiger partial charge in [0.1, 0.15) is 6.10 Å². The molecule has 1 fully saturated rings. The van der Waals surface area contributed by atoms with Crippen molar-refractivity contribution in [3.63, 3.8) is 0 Å². The van der Waals surface area contributed by atoms with Gasteiger partial charge >= 0.3 is 5.92 Å². The molecule has 0 unspecified atom stereocenters. The van der Waals surface area contributed by atoms with E-state index in [0.717, 1.165) is 22.3 Å². The van der Waals surface area contributed by atoms with Gasteiger partial charge in [0.2, 0.25) is 11.7 Å². The molecule has 0 aliphatic carbocycles. The summed E-state index contributed by atoms with van der Waals surface area (Å²) in [6.45, 7) is 1.12. The second-order valence-electron chi connectivity index (χ2n) is 7.71. The van der Waals surface area contributed by atoms with Crippen molar-refractivity contribution >= 4 is 17.2 Å². The average molecular weight is 475 g/mol. The van der Waals surface area contributed by atoms with Crippen LogP contribution in [0.5, 0.6) is 0 Å². The molecule has 33 heavy (non-hydrogen) atoms. The normalized spacial score (nSPS) is 18.2. The molecule has 1 aliphatic heterocycles. The number of rotatable bonds is 9. The number of aromatic amines is 1. The number of thiophene rings is 1. The van der Waals surface area contributed by atoms with E-state index in [9.17, 15) is 18.7 Å². The van der Waals surface area contributed by atoms with Gasteiger partial charge in [0, 0.05) is 23.5 Å². The summed E-state index contributed by atoms with van der Waals surface area (Å²) < 4.78 is 29.1. The number of hydrogen-bond donors (Lipinski definition) is 3. The molecular formula is C22H24F2N6O2S. The fourth-order valence-electron chi connectivity index (χ4n) is 3.69. The van der Waals surface area contributed by atoms with Crippen LogP contribution in [0.2, 0.25) is 0 Å². The minimum atomic E-state index is -3.43. The van der Waals surface area contributed by atoms with Crippen molar-refractivity contribution in [2.24, 2.45) is 0 Å². The summed E-state index contributed by atoms with van der Waals surface area (Å²) in [5, 5.41) is 27.1. The van der Waals surface area contributed by atoms with Gasteiger partial charge in [-0.2, -0.15) is 14.0 Å². The van der Waals surface area contributed by atoms with Gasteiger partial charge in [-0.15, -0.1) is 21.5 Å². The first-order valence-electron chi connectivity index (χ1n) is 10.6. The van der Waals surface area contributed by atoms with E-state index in [4.69, 9.17) is 0 Å². The third-order valence-electron chi connectivity index (χ3n) is 5.45. The molecule has 1 saturated heterocycles. The molecule has 174 valence electrons. The number of piperazine rings is 1. The molecule has 11 heteroatoms. The third-order valence-corrected chi connectivity index (χ3v) is 6.59. The van der Waals surface area contributed by atoms with Crippen LogP contribution in [0.15, 0.2) is 54.6 Å². The lowest BCUT2D eigenvalue weighted by Gasteiger charge is -2.34. The summed E-state index contributed by atoms with van der Waals surface area (Å²) in [4.78, 5) is 16.2. The van der Waals surface area contributed by atoms with Crippen LogP contribution in [-0.4, -0.2) is 68.3 Å². The van der Waals surface area contributed by atoms with Gasteiger partial charge in [-0.05, 0) is 30.2 Å². The molecule has 3 heterocycles. The van der Waals surface area contributed by atoms with Crippen molar-refractivity contribution in [2.75, 3.05) is 19.6 Å². The maximum Gasteiger partial charge on any atom is 0.302 e. The minimum Gasteiger partial charge on any atom is -0.382 e. The summed E-state index contributed by atoms with van der Waals surface area (Å²) in [5.41, 5.74) is -0.256.